The molecule has 3 rings (SSSR count). The van der Waals surface area contributed by atoms with Gasteiger partial charge in [0.15, 0.2) is 0 Å². The number of nitrogens with two attached hydrogens (primary N) is 1. The fraction of sp³-hybridized carbons (Fsp3) is 0.333. The quantitative estimate of drug-likeness (QED) is 0.892. The number of hydrogen-bond acceptors (Lipinski definition) is 5. The molecule has 2 aromatic rings. The number of hydrogen-bond donors (Lipinski definition) is 2. The van der Waals surface area contributed by atoms with Crippen LogP contribution in [0.1, 0.15) is 42.7 Å². The fourth-order valence-corrected chi connectivity index (χ4v) is 3.37. The van der Waals surface area contributed by atoms with Crippen molar-refractivity contribution in [2.24, 2.45) is 11.7 Å². The maximum absolute atomic E-state index is 12.2. The highest BCUT2D eigenvalue weighted by Gasteiger charge is 2.38. The van der Waals surface area contributed by atoms with E-state index in [2.05, 4.69) is 22.2 Å². The summed E-state index contributed by atoms with van der Waals surface area (Å²) in [6.45, 7) is 5.61. The molecule has 0 saturated carbocycles. The summed E-state index contributed by atoms with van der Waals surface area (Å²) < 4.78 is 0. The molecular formula is C18H21N5O2. The molecule has 0 aliphatic carbocycles. The molecule has 2 amide bonds. The summed E-state index contributed by atoms with van der Waals surface area (Å²) in [5.41, 5.74) is 7.46. The first-order chi connectivity index (χ1) is 11.9. The number of nitrogens with zero attached hydrogens (tertiary/aromatic N) is 3. The van der Waals surface area contributed by atoms with Crippen LogP contribution in [0.4, 0.5) is 11.6 Å². The minimum absolute atomic E-state index is 0.0226. The van der Waals surface area contributed by atoms with Crippen LogP contribution in [0, 0.1) is 5.92 Å². The summed E-state index contributed by atoms with van der Waals surface area (Å²) in [6, 6.07) is 6.74. The molecule has 1 aromatic carbocycles. The summed E-state index contributed by atoms with van der Waals surface area (Å²) in [4.78, 5) is 34.0. The first kappa shape index (κ1) is 16.9. The first-order valence-corrected chi connectivity index (χ1v) is 8.17. The number of amides is 2. The summed E-state index contributed by atoms with van der Waals surface area (Å²) in [5.74, 6) is 0.0292. The third-order valence-electron chi connectivity index (χ3n) is 4.79. The molecule has 0 spiro atoms. The Balaban J connectivity index is 2.11. The SMILES string of the molecule is CC(=O)N1c2ccc(C(N)=O)cc2C(Nc2ncccn2)C(C)[C@@H]1C. The van der Waals surface area contributed by atoms with Crippen molar-refractivity contribution in [2.45, 2.75) is 32.9 Å². The van der Waals surface area contributed by atoms with E-state index < -0.39 is 5.91 Å². The van der Waals surface area contributed by atoms with Crippen molar-refractivity contribution in [3.8, 4) is 0 Å². The number of primary amides is 1. The van der Waals surface area contributed by atoms with E-state index in [4.69, 9.17) is 5.73 Å². The minimum atomic E-state index is -0.502. The lowest BCUT2D eigenvalue weighted by Crippen LogP contribution is -2.48. The Morgan fingerprint density at radius 3 is 2.48 bits per heavy atom. The molecule has 1 aliphatic heterocycles. The van der Waals surface area contributed by atoms with Crippen LogP contribution < -0.4 is 16.0 Å². The van der Waals surface area contributed by atoms with E-state index in [9.17, 15) is 9.59 Å². The standard InChI is InChI=1S/C18H21N5O2/c1-10-11(2)23(12(3)24)15-6-5-13(17(19)25)9-14(15)16(10)22-18-20-7-4-8-21-18/h4-11,16H,1-3H3,(H2,19,25)(H,20,21,22)/t10?,11-,16?/m0/s1. The average Bonchev–Trinajstić information content (AvgIpc) is 2.59. The third-order valence-corrected chi connectivity index (χ3v) is 4.79. The lowest BCUT2D eigenvalue weighted by molar-refractivity contribution is -0.117. The maximum Gasteiger partial charge on any atom is 0.248 e. The van der Waals surface area contributed by atoms with E-state index in [0.29, 0.717) is 11.5 Å². The van der Waals surface area contributed by atoms with Crippen LogP contribution in [0.5, 0.6) is 0 Å². The van der Waals surface area contributed by atoms with E-state index in [1.807, 2.05) is 6.92 Å². The molecule has 7 nitrogen and oxygen atoms in total. The molecule has 3 N–H and O–H groups in total. The Hall–Kier alpha value is -2.96. The Morgan fingerprint density at radius 2 is 1.88 bits per heavy atom. The van der Waals surface area contributed by atoms with Crippen molar-refractivity contribution in [1.82, 2.24) is 9.97 Å². The van der Waals surface area contributed by atoms with Crippen molar-refractivity contribution in [3.05, 3.63) is 47.8 Å². The van der Waals surface area contributed by atoms with Gasteiger partial charge in [-0.1, -0.05) is 6.92 Å². The molecule has 1 aromatic heterocycles. The van der Waals surface area contributed by atoms with Gasteiger partial charge in [-0.15, -0.1) is 0 Å². The van der Waals surface area contributed by atoms with E-state index in [1.165, 1.54) is 0 Å². The van der Waals surface area contributed by atoms with E-state index in [-0.39, 0.29) is 23.9 Å². The lowest BCUT2D eigenvalue weighted by Gasteiger charge is -2.43. The molecule has 7 heteroatoms. The molecular weight excluding hydrogens is 318 g/mol. The number of fused-ring (bicyclic) bond motifs is 1. The van der Waals surface area contributed by atoms with Gasteiger partial charge in [0.25, 0.3) is 0 Å². The molecule has 2 unspecified atom stereocenters. The smallest absolute Gasteiger partial charge is 0.248 e. The van der Waals surface area contributed by atoms with Crippen molar-refractivity contribution in [1.29, 1.82) is 0 Å². The number of carbonyl (C=O) groups excluding carboxylic acids is 2. The Kier molecular flexibility index (Phi) is 4.39. The van der Waals surface area contributed by atoms with Gasteiger partial charge in [0.1, 0.15) is 0 Å². The third kappa shape index (κ3) is 3.05. The second kappa shape index (κ2) is 6.51. The Bertz CT molecular complexity index is 808. The summed E-state index contributed by atoms with van der Waals surface area (Å²) in [6.07, 6.45) is 3.32. The molecule has 2 heterocycles. The van der Waals surface area contributed by atoms with Gasteiger partial charge in [-0.05, 0) is 36.8 Å². The van der Waals surface area contributed by atoms with Crippen molar-refractivity contribution >= 4 is 23.5 Å². The molecule has 0 radical (unpaired) electrons. The van der Waals surface area contributed by atoms with Crippen LogP contribution in [-0.2, 0) is 4.79 Å². The molecule has 1 aliphatic rings. The second-order valence-electron chi connectivity index (χ2n) is 6.32. The fourth-order valence-electron chi connectivity index (χ4n) is 3.37. The van der Waals surface area contributed by atoms with Gasteiger partial charge >= 0.3 is 0 Å². The molecule has 0 fully saturated rings. The number of aromatic nitrogens is 2. The molecule has 0 bridgehead atoms. The number of anilines is 2. The van der Waals surface area contributed by atoms with Crippen LogP contribution in [0.3, 0.4) is 0 Å². The van der Waals surface area contributed by atoms with Gasteiger partial charge in [0.2, 0.25) is 17.8 Å². The Morgan fingerprint density at radius 1 is 1.20 bits per heavy atom. The molecule has 25 heavy (non-hydrogen) atoms. The number of nitrogens with one attached hydrogen (secondary N) is 1. The largest absolute Gasteiger partial charge is 0.366 e. The molecule has 130 valence electrons. The zero-order chi connectivity index (χ0) is 18.1. The van der Waals surface area contributed by atoms with Gasteiger partial charge in [-0.2, -0.15) is 0 Å². The van der Waals surface area contributed by atoms with E-state index in [1.54, 1.807) is 48.5 Å². The van der Waals surface area contributed by atoms with Gasteiger partial charge in [0.05, 0.1) is 6.04 Å². The lowest BCUT2D eigenvalue weighted by atomic mass is 9.82. The second-order valence-corrected chi connectivity index (χ2v) is 6.32. The highest BCUT2D eigenvalue weighted by molar-refractivity contribution is 5.97. The number of benzene rings is 1. The van der Waals surface area contributed by atoms with Gasteiger partial charge in [-0.25, -0.2) is 9.97 Å². The average molecular weight is 339 g/mol. The van der Waals surface area contributed by atoms with Crippen molar-refractivity contribution in [2.75, 3.05) is 10.2 Å². The van der Waals surface area contributed by atoms with E-state index >= 15 is 0 Å². The van der Waals surface area contributed by atoms with Crippen LogP contribution in [0.15, 0.2) is 36.7 Å². The first-order valence-electron chi connectivity index (χ1n) is 8.17. The van der Waals surface area contributed by atoms with E-state index in [0.717, 1.165) is 11.3 Å². The summed E-state index contributed by atoms with van der Waals surface area (Å²) in [7, 11) is 0. The Labute approximate surface area is 146 Å². The number of carbonyl (C=O) groups is 2. The van der Waals surface area contributed by atoms with Crippen LogP contribution in [0.2, 0.25) is 0 Å². The van der Waals surface area contributed by atoms with Gasteiger partial charge in [0, 0.05) is 42.5 Å². The van der Waals surface area contributed by atoms with Gasteiger partial charge in [-0.3, -0.25) is 9.59 Å². The summed E-state index contributed by atoms with van der Waals surface area (Å²) in [5, 5.41) is 3.33. The molecule has 3 atom stereocenters. The van der Waals surface area contributed by atoms with Crippen LogP contribution in [-0.4, -0.2) is 27.8 Å². The zero-order valence-corrected chi connectivity index (χ0v) is 14.4. The highest BCUT2D eigenvalue weighted by Crippen LogP contribution is 2.42. The predicted octanol–water partition coefficient (Wildman–Crippen LogP) is 2.12. The van der Waals surface area contributed by atoms with Crippen molar-refractivity contribution < 1.29 is 9.59 Å². The molecule has 0 saturated heterocycles. The zero-order valence-electron chi connectivity index (χ0n) is 14.4. The number of rotatable bonds is 3. The maximum atomic E-state index is 12.2. The summed E-state index contributed by atoms with van der Waals surface area (Å²) >= 11 is 0. The highest BCUT2D eigenvalue weighted by atomic mass is 16.2. The normalized spacial score (nSPS) is 22.2. The predicted molar refractivity (Wildman–Crippen MR) is 95.1 cm³/mol. The monoisotopic (exact) mass is 339 g/mol. The van der Waals surface area contributed by atoms with Gasteiger partial charge < -0.3 is 16.0 Å². The van der Waals surface area contributed by atoms with Crippen molar-refractivity contribution in [3.63, 3.8) is 0 Å². The van der Waals surface area contributed by atoms with Crippen LogP contribution >= 0.6 is 0 Å². The topological polar surface area (TPSA) is 101 Å². The van der Waals surface area contributed by atoms with Crippen LogP contribution in [0.25, 0.3) is 0 Å². The minimum Gasteiger partial charge on any atom is -0.366 e.